The first-order valence-corrected chi connectivity index (χ1v) is 4.24. The van der Waals surface area contributed by atoms with Crippen molar-refractivity contribution in [1.82, 2.24) is 0 Å². The molecule has 0 aromatic heterocycles. The van der Waals surface area contributed by atoms with Crippen LogP contribution in [0, 0.1) is 5.82 Å². The van der Waals surface area contributed by atoms with Crippen LogP contribution >= 0.6 is 0 Å². The highest BCUT2D eigenvalue weighted by atomic mass is 19.1. The van der Waals surface area contributed by atoms with Crippen LogP contribution in [0.1, 0.15) is 0 Å². The van der Waals surface area contributed by atoms with Crippen LogP contribution in [0.15, 0.2) is 30.3 Å². The Kier molecular flexibility index (Phi) is 2.00. The van der Waals surface area contributed by atoms with Crippen LogP contribution in [0.3, 0.4) is 0 Å². The molecule has 0 heterocycles. The van der Waals surface area contributed by atoms with Crippen LogP contribution < -0.4 is 10.5 Å². The number of ether oxygens (including phenoxy) is 1. The largest absolute Gasteiger partial charge is 0.494 e. The summed E-state index contributed by atoms with van der Waals surface area (Å²) in [5.41, 5.74) is 6.12. The third-order valence-electron chi connectivity index (χ3n) is 2.18. The molecule has 3 heteroatoms. The first-order chi connectivity index (χ1) is 6.74. The van der Waals surface area contributed by atoms with Crippen LogP contribution in [0.4, 0.5) is 10.1 Å². The van der Waals surface area contributed by atoms with Crippen LogP contribution in [0.2, 0.25) is 0 Å². The van der Waals surface area contributed by atoms with E-state index < -0.39 is 0 Å². The molecule has 2 N–H and O–H groups in total. The maximum atomic E-state index is 13.5. The Morgan fingerprint density at radius 3 is 2.71 bits per heavy atom. The van der Waals surface area contributed by atoms with E-state index >= 15 is 0 Å². The summed E-state index contributed by atoms with van der Waals surface area (Å²) in [6.45, 7) is 0. The number of fused-ring (bicyclic) bond motifs is 1. The Labute approximate surface area is 81.1 Å². The van der Waals surface area contributed by atoms with E-state index in [9.17, 15) is 4.39 Å². The summed E-state index contributed by atoms with van der Waals surface area (Å²) in [4.78, 5) is 0. The van der Waals surface area contributed by atoms with Gasteiger partial charge in [-0.15, -0.1) is 0 Å². The van der Waals surface area contributed by atoms with Gasteiger partial charge < -0.3 is 10.5 Å². The second kappa shape index (κ2) is 3.18. The summed E-state index contributed by atoms with van der Waals surface area (Å²) < 4.78 is 18.6. The number of hydrogen-bond donors (Lipinski definition) is 1. The van der Waals surface area contributed by atoms with E-state index in [1.807, 2.05) is 6.07 Å². The van der Waals surface area contributed by atoms with Crippen molar-refractivity contribution >= 4 is 16.5 Å². The van der Waals surface area contributed by atoms with E-state index in [2.05, 4.69) is 0 Å². The average Bonchev–Trinajstić information content (AvgIpc) is 2.19. The normalized spacial score (nSPS) is 10.4. The minimum atomic E-state index is -0.313. The van der Waals surface area contributed by atoms with Gasteiger partial charge in [-0.05, 0) is 17.5 Å². The Hall–Kier alpha value is -1.77. The van der Waals surface area contributed by atoms with Crippen molar-refractivity contribution in [3.05, 3.63) is 36.1 Å². The van der Waals surface area contributed by atoms with E-state index in [1.54, 1.807) is 18.2 Å². The summed E-state index contributed by atoms with van der Waals surface area (Å²) in [7, 11) is 1.48. The molecule has 0 aliphatic rings. The minimum Gasteiger partial charge on any atom is -0.494 e. The molecule has 72 valence electrons. The number of nitrogen functional groups attached to an aromatic ring is 1. The highest BCUT2D eigenvalue weighted by Gasteiger charge is 2.09. The third kappa shape index (κ3) is 1.18. The smallest absolute Gasteiger partial charge is 0.152 e. The molecular formula is C11H10FNO. The van der Waals surface area contributed by atoms with Gasteiger partial charge in [0.15, 0.2) is 5.75 Å². The van der Waals surface area contributed by atoms with Gasteiger partial charge in [-0.1, -0.05) is 18.2 Å². The second-order valence-corrected chi connectivity index (χ2v) is 3.03. The third-order valence-corrected chi connectivity index (χ3v) is 2.18. The number of hydrogen-bond acceptors (Lipinski definition) is 2. The molecular weight excluding hydrogens is 181 g/mol. The monoisotopic (exact) mass is 191 g/mol. The first-order valence-electron chi connectivity index (χ1n) is 4.24. The lowest BCUT2D eigenvalue weighted by Crippen LogP contribution is -1.94. The van der Waals surface area contributed by atoms with E-state index in [4.69, 9.17) is 10.5 Å². The zero-order valence-corrected chi connectivity index (χ0v) is 7.75. The van der Waals surface area contributed by atoms with Crippen LogP contribution in [-0.4, -0.2) is 7.11 Å². The van der Waals surface area contributed by atoms with Gasteiger partial charge in [-0.3, -0.25) is 0 Å². The highest BCUT2D eigenvalue weighted by molar-refractivity contribution is 5.93. The summed E-state index contributed by atoms with van der Waals surface area (Å²) in [6.07, 6.45) is 0. The molecule has 0 saturated carbocycles. The maximum absolute atomic E-state index is 13.5. The molecule has 0 unspecified atom stereocenters. The lowest BCUT2D eigenvalue weighted by atomic mass is 10.1. The fourth-order valence-corrected chi connectivity index (χ4v) is 1.54. The molecule has 0 spiro atoms. The van der Waals surface area contributed by atoms with Crippen LogP contribution in [0.25, 0.3) is 10.8 Å². The van der Waals surface area contributed by atoms with E-state index in [0.29, 0.717) is 16.8 Å². The molecule has 0 radical (unpaired) electrons. The molecule has 2 rings (SSSR count). The van der Waals surface area contributed by atoms with Gasteiger partial charge in [0.05, 0.1) is 18.2 Å². The standard InChI is InChI=1S/C11H10FNO/c1-14-11-9(13)6-5-7-3-2-4-8(12)10(7)11/h2-6H,13H2,1H3. The predicted octanol–water partition coefficient (Wildman–Crippen LogP) is 2.57. The highest BCUT2D eigenvalue weighted by Crippen LogP contribution is 2.33. The van der Waals surface area contributed by atoms with E-state index in [-0.39, 0.29) is 5.82 Å². The summed E-state index contributed by atoms with van der Waals surface area (Å²) in [6, 6.07) is 8.36. The Morgan fingerprint density at radius 1 is 1.21 bits per heavy atom. The van der Waals surface area contributed by atoms with Crippen molar-refractivity contribution in [3.63, 3.8) is 0 Å². The second-order valence-electron chi connectivity index (χ2n) is 3.03. The van der Waals surface area contributed by atoms with Crippen molar-refractivity contribution in [2.24, 2.45) is 0 Å². The van der Waals surface area contributed by atoms with Crippen molar-refractivity contribution < 1.29 is 9.13 Å². The zero-order valence-electron chi connectivity index (χ0n) is 7.75. The maximum Gasteiger partial charge on any atom is 0.152 e. The SMILES string of the molecule is COc1c(N)ccc2cccc(F)c12. The van der Waals surface area contributed by atoms with Gasteiger partial charge in [-0.2, -0.15) is 0 Å². The molecule has 2 aromatic carbocycles. The number of rotatable bonds is 1. The van der Waals surface area contributed by atoms with Crippen molar-refractivity contribution in [1.29, 1.82) is 0 Å². The lowest BCUT2D eigenvalue weighted by molar-refractivity contribution is 0.420. The number of methoxy groups -OCH3 is 1. The topological polar surface area (TPSA) is 35.2 Å². The number of anilines is 1. The van der Waals surface area contributed by atoms with E-state index in [0.717, 1.165) is 5.39 Å². The molecule has 0 atom stereocenters. The first kappa shape index (κ1) is 8.81. The molecule has 0 aliphatic carbocycles. The van der Waals surface area contributed by atoms with Gasteiger partial charge in [-0.25, -0.2) is 4.39 Å². The van der Waals surface area contributed by atoms with Crippen molar-refractivity contribution in [2.45, 2.75) is 0 Å². The molecule has 0 fully saturated rings. The van der Waals surface area contributed by atoms with Gasteiger partial charge >= 0.3 is 0 Å². The number of halogens is 1. The fraction of sp³-hybridized carbons (Fsp3) is 0.0909. The molecule has 0 saturated heterocycles. The van der Waals surface area contributed by atoms with Crippen molar-refractivity contribution in [2.75, 3.05) is 12.8 Å². The molecule has 14 heavy (non-hydrogen) atoms. The summed E-state index contributed by atoms with van der Waals surface area (Å²) >= 11 is 0. The molecule has 0 bridgehead atoms. The number of nitrogens with two attached hydrogens (primary N) is 1. The molecule has 2 nitrogen and oxygen atoms in total. The Balaban J connectivity index is 2.91. The van der Waals surface area contributed by atoms with Gasteiger partial charge in [0, 0.05) is 0 Å². The van der Waals surface area contributed by atoms with Gasteiger partial charge in [0.25, 0.3) is 0 Å². The zero-order chi connectivity index (χ0) is 10.1. The average molecular weight is 191 g/mol. The predicted molar refractivity (Wildman–Crippen MR) is 54.9 cm³/mol. The van der Waals surface area contributed by atoms with Crippen molar-refractivity contribution in [3.8, 4) is 5.75 Å². The van der Waals surface area contributed by atoms with Crippen LogP contribution in [-0.2, 0) is 0 Å². The van der Waals surface area contributed by atoms with Gasteiger partial charge in [0.1, 0.15) is 5.82 Å². The quantitative estimate of drug-likeness (QED) is 0.703. The van der Waals surface area contributed by atoms with E-state index in [1.165, 1.54) is 13.2 Å². The summed E-state index contributed by atoms with van der Waals surface area (Å²) in [5, 5.41) is 1.23. The molecule has 2 aromatic rings. The fourth-order valence-electron chi connectivity index (χ4n) is 1.54. The minimum absolute atomic E-state index is 0.313. The number of benzene rings is 2. The van der Waals surface area contributed by atoms with Gasteiger partial charge in [0.2, 0.25) is 0 Å². The summed E-state index contributed by atoms with van der Waals surface area (Å²) in [5.74, 6) is 0.0900. The molecule has 0 aliphatic heterocycles. The Bertz CT molecular complexity index is 482. The molecule has 0 amide bonds. The lowest BCUT2D eigenvalue weighted by Gasteiger charge is -2.08. The Morgan fingerprint density at radius 2 is 2.00 bits per heavy atom. The van der Waals surface area contributed by atoms with Crippen LogP contribution in [0.5, 0.6) is 5.75 Å².